The lowest BCUT2D eigenvalue weighted by atomic mass is 9.95. The standard InChI is InChI=1S/C23H24F3N3S/c1-22(2,3)21-28-19-14-18(30-17-8-6-16(15-27)7-9-17)10-11-20(19)29(21)13-5-4-12-23(24,25)26/h6-11,14H,4-5,12-13H2,1-3H3. The predicted molar refractivity (Wildman–Crippen MR) is 114 cm³/mol. The molecule has 0 unspecified atom stereocenters. The lowest BCUT2D eigenvalue weighted by molar-refractivity contribution is -0.135. The largest absolute Gasteiger partial charge is 0.389 e. The molecule has 0 bridgehead atoms. The quantitative estimate of drug-likeness (QED) is 0.391. The number of aromatic nitrogens is 2. The van der Waals surface area contributed by atoms with Crippen molar-refractivity contribution in [2.45, 2.75) is 68.0 Å². The van der Waals surface area contributed by atoms with Gasteiger partial charge in [0, 0.05) is 28.2 Å². The minimum Gasteiger partial charge on any atom is -0.328 e. The molecule has 0 saturated heterocycles. The van der Waals surface area contributed by atoms with Crippen LogP contribution < -0.4 is 0 Å². The molecule has 1 aromatic heterocycles. The number of rotatable bonds is 6. The smallest absolute Gasteiger partial charge is 0.328 e. The van der Waals surface area contributed by atoms with Crippen LogP contribution in [0.1, 0.15) is 51.4 Å². The first kappa shape index (κ1) is 22.2. The first-order valence-corrected chi connectivity index (χ1v) is 10.6. The fourth-order valence-electron chi connectivity index (χ4n) is 3.30. The first-order valence-electron chi connectivity index (χ1n) is 9.82. The molecule has 1 heterocycles. The zero-order valence-electron chi connectivity index (χ0n) is 17.3. The van der Waals surface area contributed by atoms with Crippen molar-refractivity contribution in [2.24, 2.45) is 0 Å². The Hall–Kier alpha value is -2.46. The minimum atomic E-state index is -4.11. The summed E-state index contributed by atoms with van der Waals surface area (Å²) in [6.45, 7) is 6.70. The van der Waals surface area contributed by atoms with E-state index in [2.05, 4.69) is 31.4 Å². The van der Waals surface area contributed by atoms with Gasteiger partial charge in [-0.2, -0.15) is 18.4 Å². The van der Waals surface area contributed by atoms with E-state index in [-0.39, 0.29) is 11.8 Å². The zero-order valence-corrected chi connectivity index (χ0v) is 18.1. The molecule has 3 aromatic rings. The Labute approximate surface area is 178 Å². The van der Waals surface area contributed by atoms with Crippen LogP contribution in [0.25, 0.3) is 11.0 Å². The Balaban J connectivity index is 1.85. The van der Waals surface area contributed by atoms with Gasteiger partial charge >= 0.3 is 6.18 Å². The van der Waals surface area contributed by atoms with Crippen molar-refractivity contribution < 1.29 is 13.2 Å². The number of nitrogens with zero attached hydrogens (tertiary/aromatic N) is 3. The Morgan fingerprint density at radius 2 is 1.67 bits per heavy atom. The molecule has 2 aromatic carbocycles. The molecule has 0 saturated carbocycles. The average molecular weight is 432 g/mol. The van der Waals surface area contributed by atoms with E-state index in [1.807, 2.05) is 30.3 Å². The Kier molecular flexibility index (Phi) is 6.47. The second-order valence-electron chi connectivity index (χ2n) is 8.30. The highest BCUT2D eigenvalue weighted by Crippen LogP contribution is 2.33. The number of imidazole rings is 1. The molecular formula is C23H24F3N3S. The number of halogens is 3. The van der Waals surface area contributed by atoms with Crippen LogP contribution in [0.4, 0.5) is 13.2 Å². The predicted octanol–water partition coefficient (Wildman–Crippen LogP) is 7.09. The van der Waals surface area contributed by atoms with E-state index in [1.165, 1.54) is 0 Å². The van der Waals surface area contributed by atoms with Crippen molar-refractivity contribution in [2.75, 3.05) is 0 Å². The van der Waals surface area contributed by atoms with Gasteiger partial charge in [-0.25, -0.2) is 4.98 Å². The third kappa shape index (κ3) is 5.57. The lowest BCUT2D eigenvalue weighted by Gasteiger charge is -2.20. The molecule has 0 amide bonds. The van der Waals surface area contributed by atoms with Crippen molar-refractivity contribution >= 4 is 22.8 Å². The molecule has 0 aliphatic rings. The summed E-state index contributed by atoms with van der Waals surface area (Å²) in [5.74, 6) is 0.880. The zero-order chi connectivity index (χ0) is 21.9. The van der Waals surface area contributed by atoms with Crippen molar-refractivity contribution in [1.29, 1.82) is 5.26 Å². The van der Waals surface area contributed by atoms with Crippen LogP contribution in [0.15, 0.2) is 52.3 Å². The maximum absolute atomic E-state index is 12.5. The van der Waals surface area contributed by atoms with Crippen LogP contribution in [0.3, 0.4) is 0 Å². The average Bonchev–Trinajstić information content (AvgIpc) is 3.03. The third-order valence-electron chi connectivity index (χ3n) is 4.70. The van der Waals surface area contributed by atoms with E-state index < -0.39 is 12.6 Å². The van der Waals surface area contributed by atoms with Gasteiger partial charge in [-0.15, -0.1) is 0 Å². The van der Waals surface area contributed by atoms with Crippen LogP contribution in [0.5, 0.6) is 0 Å². The van der Waals surface area contributed by atoms with Gasteiger partial charge in [0.25, 0.3) is 0 Å². The molecular weight excluding hydrogens is 407 g/mol. The highest BCUT2D eigenvalue weighted by atomic mass is 32.2. The van der Waals surface area contributed by atoms with Crippen LogP contribution >= 0.6 is 11.8 Å². The molecule has 158 valence electrons. The number of aryl methyl sites for hydroxylation is 1. The van der Waals surface area contributed by atoms with Gasteiger partial charge in [-0.1, -0.05) is 32.5 Å². The van der Waals surface area contributed by atoms with Crippen molar-refractivity contribution in [3.05, 3.63) is 53.9 Å². The SMILES string of the molecule is CC(C)(C)c1nc2cc(Sc3ccc(C#N)cc3)ccc2n1CCCCC(F)(F)F. The van der Waals surface area contributed by atoms with Crippen molar-refractivity contribution in [1.82, 2.24) is 9.55 Å². The van der Waals surface area contributed by atoms with Crippen molar-refractivity contribution in [3.63, 3.8) is 0 Å². The maximum atomic E-state index is 12.5. The molecule has 3 rings (SSSR count). The normalized spacial score (nSPS) is 12.3. The fraction of sp³-hybridized carbons (Fsp3) is 0.391. The summed E-state index contributed by atoms with van der Waals surface area (Å²) >= 11 is 1.58. The lowest BCUT2D eigenvalue weighted by Crippen LogP contribution is -2.19. The first-order chi connectivity index (χ1) is 14.1. The summed E-state index contributed by atoms with van der Waals surface area (Å²) in [5.41, 5.74) is 2.18. The van der Waals surface area contributed by atoms with E-state index in [9.17, 15) is 13.2 Å². The summed E-state index contributed by atoms with van der Waals surface area (Å²) in [5, 5.41) is 8.92. The second-order valence-corrected chi connectivity index (χ2v) is 9.45. The molecule has 3 nitrogen and oxygen atoms in total. The van der Waals surface area contributed by atoms with Gasteiger partial charge in [-0.3, -0.25) is 0 Å². The molecule has 0 N–H and O–H groups in total. The van der Waals surface area contributed by atoms with E-state index in [4.69, 9.17) is 10.2 Å². The monoisotopic (exact) mass is 431 g/mol. The molecule has 0 atom stereocenters. The molecule has 0 aliphatic heterocycles. The summed E-state index contributed by atoms with van der Waals surface area (Å²) in [6.07, 6.45) is -4.30. The number of alkyl halides is 3. The Morgan fingerprint density at radius 3 is 2.27 bits per heavy atom. The van der Waals surface area contributed by atoms with Gasteiger partial charge in [0.15, 0.2) is 0 Å². The minimum absolute atomic E-state index is 0.111. The van der Waals surface area contributed by atoms with E-state index in [0.29, 0.717) is 18.5 Å². The summed E-state index contributed by atoms with van der Waals surface area (Å²) in [4.78, 5) is 6.87. The van der Waals surface area contributed by atoms with Gasteiger partial charge in [0.05, 0.1) is 22.7 Å². The number of hydrogen-bond acceptors (Lipinski definition) is 3. The summed E-state index contributed by atoms with van der Waals surface area (Å²) < 4.78 is 39.5. The molecule has 0 radical (unpaired) electrons. The number of benzene rings is 2. The maximum Gasteiger partial charge on any atom is 0.389 e. The van der Waals surface area contributed by atoms with Crippen LogP contribution in [-0.4, -0.2) is 15.7 Å². The molecule has 7 heteroatoms. The number of unbranched alkanes of at least 4 members (excludes halogenated alkanes) is 1. The summed E-state index contributed by atoms with van der Waals surface area (Å²) in [7, 11) is 0. The topological polar surface area (TPSA) is 41.6 Å². The molecule has 0 fully saturated rings. The number of nitriles is 1. The third-order valence-corrected chi connectivity index (χ3v) is 5.70. The van der Waals surface area contributed by atoms with E-state index in [0.717, 1.165) is 26.6 Å². The fourth-order valence-corrected chi connectivity index (χ4v) is 4.15. The highest BCUT2D eigenvalue weighted by molar-refractivity contribution is 7.99. The van der Waals surface area contributed by atoms with Gasteiger partial charge < -0.3 is 4.57 Å². The Bertz CT molecular complexity index is 1050. The van der Waals surface area contributed by atoms with Crippen molar-refractivity contribution in [3.8, 4) is 6.07 Å². The summed E-state index contributed by atoms with van der Waals surface area (Å²) in [6, 6.07) is 15.5. The molecule has 30 heavy (non-hydrogen) atoms. The molecule has 0 aliphatic carbocycles. The number of hydrogen-bond donors (Lipinski definition) is 0. The van der Waals surface area contributed by atoms with Gasteiger partial charge in [0.2, 0.25) is 0 Å². The van der Waals surface area contributed by atoms with Crippen LogP contribution in [-0.2, 0) is 12.0 Å². The Morgan fingerprint density at radius 1 is 1.00 bits per heavy atom. The van der Waals surface area contributed by atoms with Gasteiger partial charge in [0.1, 0.15) is 5.82 Å². The second kappa shape index (κ2) is 8.73. The van der Waals surface area contributed by atoms with Crippen LogP contribution in [0.2, 0.25) is 0 Å². The van der Waals surface area contributed by atoms with Gasteiger partial charge in [-0.05, 0) is 55.3 Å². The van der Waals surface area contributed by atoms with E-state index >= 15 is 0 Å². The number of fused-ring (bicyclic) bond motifs is 1. The highest BCUT2D eigenvalue weighted by Gasteiger charge is 2.27. The van der Waals surface area contributed by atoms with Crippen LogP contribution in [0, 0.1) is 11.3 Å². The molecule has 0 spiro atoms. The van der Waals surface area contributed by atoms with E-state index in [1.54, 1.807) is 23.9 Å².